The summed E-state index contributed by atoms with van der Waals surface area (Å²) in [5.41, 5.74) is 1.51. The van der Waals surface area contributed by atoms with E-state index in [2.05, 4.69) is 0 Å². The molecule has 9 heteroatoms. The van der Waals surface area contributed by atoms with Crippen LogP contribution in [0.2, 0.25) is 0 Å². The maximum absolute atomic E-state index is 17.7. The van der Waals surface area contributed by atoms with Gasteiger partial charge in [-0.2, -0.15) is 0 Å². The van der Waals surface area contributed by atoms with E-state index in [1.807, 2.05) is 0 Å². The topological polar surface area (TPSA) is 34.1 Å². The van der Waals surface area contributed by atoms with E-state index in [0.717, 1.165) is 87.1 Å². The highest BCUT2D eigenvalue weighted by Crippen LogP contribution is 2.59. The van der Waals surface area contributed by atoms with Crippen LogP contribution in [0.25, 0.3) is 0 Å². The molecule has 0 bridgehead atoms. The minimum absolute atomic E-state index is 0.0732. The van der Waals surface area contributed by atoms with Gasteiger partial charge in [-0.3, -0.25) is 0 Å². The van der Waals surface area contributed by atoms with Gasteiger partial charge in [0, 0.05) is 0 Å². The number of rotatable bonds is 10. The Bertz CT molecular complexity index is 2260. The molecule has 0 spiro atoms. The minimum Gasteiger partial charge on any atom is -0.226 e. The third kappa shape index (κ3) is 7.09. The number of halogens is 6. The second-order valence-corrected chi connectivity index (χ2v) is 18.3. The van der Waals surface area contributed by atoms with E-state index in [4.69, 9.17) is 0 Å². The van der Waals surface area contributed by atoms with E-state index in [1.165, 1.54) is 84.9 Å². The second kappa shape index (κ2) is 16.5. The van der Waals surface area contributed by atoms with Crippen LogP contribution in [0.15, 0.2) is 133 Å². The fourth-order valence-electron chi connectivity index (χ4n) is 10.0. The van der Waals surface area contributed by atoms with Crippen LogP contribution in [0.5, 0.6) is 0 Å². The highest BCUT2D eigenvalue weighted by Gasteiger charge is 2.63. The highest BCUT2D eigenvalue weighted by atomic mass is 32.2. The molecule has 0 aromatic heterocycles. The first kappa shape index (κ1) is 40.6. The molecule has 0 saturated heterocycles. The molecule has 0 heterocycles. The van der Waals surface area contributed by atoms with Crippen molar-refractivity contribution >= 4 is 9.84 Å². The molecule has 2 aliphatic carbocycles. The largest absolute Gasteiger partial charge is 0.226 e. The van der Waals surface area contributed by atoms with Crippen molar-refractivity contribution in [2.75, 3.05) is 0 Å². The van der Waals surface area contributed by atoms with Crippen molar-refractivity contribution in [1.82, 2.24) is 0 Å². The van der Waals surface area contributed by atoms with Crippen LogP contribution in [0.1, 0.15) is 121 Å². The predicted octanol–water partition coefficient (Wildman–Crippen LogP) is 13.3. The second-order valence-electron chi connectivity index (χ2n) is 16.0. The van der Waals surface area contributed by atoms with E-state index in [9.17, 15) is 0 Å². The van der Waals surface area contributed by atoms with Crippen molar-refractivity contribution in [3.8, 4) is 0 Å². The number of hydrogen-bond donors (Lipinski definition) is 0. The Labute approximate surface area is 341 Å². The lowest BCUT2D eigenvalue weighted by molar-refractivity contribution is 0.436. The van der Waals surface area contributed by atoms with Crippen molar-refractivity contribution < 1.29 is 34.8 Å². The zero-order chi connectivity index (χ0) is 41.4. The molecule has 2 aliphatic rings. The van der Waals surface area contributed by atoms with Crippen molar-refractivity contribution in [2.45, 2.75) is 85.5 Å². The van der Waals surface area contributed by atoms with Gasteiger partial charge in [0.05, 0.1) is 0 Å². The monoisotopic (exact) mass is 822 g/mol. The zero-order valence-corrected chi connectivity index (χ0v) is 33.2. The van der Waals surface area contributed by atoms with Gasteiger partial charge < -0.3 is 0 Å². The number of hydrogen-bond acceptors (Lipinski definition) is 2. The molecule has 0 atom stereocenters. The molecule has 304 valence electrons. The van der Waals surface area contributed by atoms with Gasteiger partial charge in [-0.25, -0.2) is 34.8 Å². The van der Waals surface area contributed by atoms with Crippen molar-refractivity contribution in [2.24, 2.45) is 0 Å². The highest BCUT2D eigenvalue weighted by molar-refractivity contribution is 7.94. The van der Waals surface area contributed by atoms with Gasteiger partial charge in [0.25, 0.3) is 0 Å². The third-order valence-corrected chi connectivity index (χ3v) is 15.7. The summed E-state index contributed by atoms with van der Waals surface area (Å²) in [6, 6.07) is 28.2. The van der Waals surface area contributed by atoms with E-state index < -0.39 is 54.2 Å². The Morgan fingerprint density at radius 2 is 0.610 bits per heavy atom. The standard InChI is InChI=1S/C50H44F6O2S/c51-39-19-11-35(12-20-39)49(36-13-21-40(52)22-14-36,47-29-27-43(55)31-45(47)33-7-3-1-4-8-33)59(57,58)50(37-15-23-41(53)24-16-37,38-17-25-42(54)26-18-38)48-30-28-44(56)32-46(48)34-9-5-2-6-10-34/h11-34H,1-10H2. The predicted molar refractivity (Wildman–Crippen MR) is 219 cm³/mol. The summed E-state index contributed by atoms with van der Waals surface area (Å²) in [5.74, 6) is -4.31. The molecule has 0 radical (unpaired) electrons. The molecular formula is C50H44F6O2S. The van der Waals surface area contributed by atoms with Gasteiger partial charge in [0.15, 0.2) is 9.84 Å². The zero-order valence-electron chi connectivity index (χ0n) is 32.4. The molecule has 2 nitrogen and oxygen atoms in total. The van der Waals surface area contributed by atoms with Gasteiger partial charge in [0.1, 0.15) is 44.4 Å². The lowest BCUT2D eigenvalue weighted by Crippen LogP contribution is -2.52. The Morgan fingerprint density at radius 1 is 0.356 bits per heavy atom. The Balaban J connectivity index is 1.63. The first-order chi connectivity index (χ1) is 28.5. The van der Waals surface area contributed by atoms with Crippen LogP contribution < -0.4 is 0 Å². The quantitative estimate of drug-likeness (QED) is 0.102. The molecule has 59 heavy (non-hydrogen) atoms. The average Bonchev–Trinajstić information content (AvgIpc) is 3.25. The molecule has 8 rings (SSSR count). The van der Waals surface area contributed by atoms with Crippen LogP contribution in [-0.2, 0) is 19.3 Å². The smallest absolute Gasteiger partial charge is 0.186 e. The molecule has 0 amide bonds. The summed E-state index contributed by atoms with van der Waals surface area (Å²) in [4.78, 5) is 0. The molecule has 2 saturated carbocycles. The van der Waals surface area contributed by atoms with E-state index in [0.29, 0.717) is 36.8 Å². The van der Waals surface area contributed by atoms with Crippen LogP contribution in [0.3, 0.4) is 0 Å². The van der Waals surface area contributed by atoms with Crippen molar-refractivity contribution in [1.29, 1.82) is 0 Å². The van der Waals surface area contributed by atoms with Gasteiger partial charge in [-0.05, 0) is 155 Å². The Kier molecular flexibility index (Phi) is 11.3. The average molecular weight is 823 g/mol. The van der Waals surface area contributed by atoms with Crippen molar-refractivity contribution in [3.63, 3.8) is 0 Å². The van der Waals surface area contributed by atoms with Gasteiger partial charge in [-0.15, -0.1) is 0 Å². The Morgan fingerprint density at radius 3 is 0.881 bits per heavy atom. The summed E-state index contributed by atoms with van der Waals surface area (Å²) >= 11 is 0. The summed E-state index contributed by atoms with van der Waals surface area (Å²) in [6.45, 7) is 0. The lowest BCUT2D eigenvalue weighted by atomic mass is 9.75. The first-order valence-electron chi connectivity index (χ1n) is 20.3. The molecule has 6 aromatic carbocycles. The number of sulfone groups is 1. The molecular weight excluding hydrogens is 779 g/mol. The molecule has 2 fully saturated rings. The number of benzene rings is 6. The molecule has 0 N–H and O–H groups in total. The molecule has 0 unspecified atom stereocenters. The fourth-order valence-corrected chi connectivity index (χ4v) is 13.2. The van der Waals surface area contributed by atoms with Crippen LogP contribution in [0.4, 0.5) is 26.3 Å². The van der Waals surface area contributed by atoms with Gasteiger partial charge in [0.2, 0.25) is 0 Å². The minimum atomic E-state index is -5.24. The van der Waals surface area contributed by atoms with Gasteiger partial charge >= 0.3 is 0 Å². The third-order valence-electron chi connectivity index (χ3n) is 12.7. The van der Waals surface area contributed by atoms with Gasteiger partial charge in [-0.1, -0.05) is 99.2 Å². The normalized spacial score (nSPS) is 16.0. The maximum atomic E-state index is 17.7. The van der Waals surface area contributed by atoms with E-state index >= 15 is 34.8 Å². The summed E-state index contributed by atoms with van der Waals surface area (Å²) in [6.07, 6.45) is 7.77. The van der Waals surface area contributed by atoms with Crippen LogP contribution in [0, 0.1) is 34.9 Å². The fraction of sp³-hybridized carbons (Fsp3) is 0.280. The first-order valence-corrected chi connectivity index (χ1v) is 21.8. The molecule has 0 aliphatic heterocycles. The van der Waals surface area contributed by atoms with E-state index in [1.54, 1.807) is 0 Å². The maximum Gasteiger partial charge on any atom is 0.186 e. The summed E-state index contributed by atoms with van der Waals surface area (Å²) in [5, 5.41) is 0. The Hall–Kier alpha value is -5.15. The van der Waals surface area contributed by atoms with Crippen LogP contribution in [-0.4, -0.2) is 8.42 Å². The van der Waals surface area contributed by atoms with Crippen LogP contribution >= 0.6 is 0 Å². The van der Waals surface area contributed by atoms with Crippen molar-refractivity contribution in [3.05, 3.63) is 213 Å². The summed E-state index contributed by atoms with van der Waals surface area (Å²) < 4.78 is 122. The lowest BCUT2D eigenvalue weighted by Gasteiger charge is -2.47. The summed E-state index contributed by atoms with van der Waals surface area (Å²) in [7, 11) is -5.24. The molecule has 6 aromatic rings. The van der Waals surface area contributed by atoms with E-state index in [-0.39, 0.29) is 45.2 Å². The SMILES string of the molecule is O=S(=O)(C(c1ccc(F)cc1)(c1ccc(F)cc1)c1ccc(F)cc1C1CCCCC1)C(c1ccc(F)cc1)(c1ccc(F)cc1)c1ccc(F)cc1C1CCCCC1.